The minimum atomic E-state index is -0.618. The van der Waals surface area contributed by atoms with Gasteiger partial charge in [0.05, 0.1) is 9.95 Å². The SMILES string of the molecule is CCc1nnc([C@H]2C(=N)S/C(=C\c3ccc4c(c3)OCO4)C2=O)s1. The molecule has 1 aromatic carbocycles. The van der Waals surface area contributed by atoms with Gasteiger partial charge in [-0.2, -0.15) is 0 Å². The Morgan fingerprint density at radius 2 is 2.17 bits per heavy atom. The van der Waals surface area contributed by atoms with Gasteiger partial charge in [0.25, 0.3) is 0 Å². The lowest BCUT2D eigenvalue weighted by atomic mass is 10.1. The van der Waals surface area contributed by atoms with Gasteiger partial charge in [-0.05, 0) is 30.2 Å². The Labute approximate surface area is 146 Å². The van der Waals surface area contributed by atoms with Gasteiger partial charge in [-0.3, -0.25) is 10.2 Å². The fourth-order valence-electron chi connectivity index (χ4n) is 2.49. The molecule has 122 valence electrons. The standard InChI is InChI=1S/C16H13N3O3S2/c1-2-12-18-19-16(24-12)13-14(20)11(23-15(13)17)6-8-3-4-9-10(5-8)22-7-21-9/h3-6,13,17H,2,7H2,1H3/b11-6-,17-15?/t13-/m1/s1. The number of Topliss-reactive ketones (excluding diaryl/α,β-unsaturated/α-hetero) is 1. The van der Waals surface area contributed by atoms with Gasteiger partial charge in [0.1, 0.15) is 15.9 Å². The van der Waals surface area contributed by atoms with Crippen molar-refractivity contribution in [1.29, 1.82) is 5.41 Å². The van der Waals surface area contributed by atoms with Gasteiger partial charge in [0, 0.05) is 0 Å². The zero-order valence-corrected chi connectivity index (χ0v) is 14.4. The summed E-state index contributed by atoms with van der Waals surface area (Å²) < 4.78 is 10.6. The lowest BCUT2D eigenvalue weighted by Crippen LogP contribution is -2.11. The number of benzene rings is 1. The molecule has 1 fully saturated rings. The third-order valence-electron chi connectivity index (χ3n) is 3.71. The van der Waals surface area contributed by atoms with Crippen LogP contribution in [0, 0.1) is 5.41 Å². The Hall–Kier alpha value is -2.19. The fraction of sp³-hybridized carbons (Fsp3) is 0.250. The molecule has 0 aliphatic carbocycles. The monoisotopic (exact) mass is 359 g/mol. The van der Waals surface area contributed by atoms with E-state index in [9.17, 15) is 4.79 Å². The van der Waals surface area contributed by atoms with Crippen molar-refractivity contribution in [3.63, 3.8) is 0 Å². The molecule has 4 rings (SSSR count). The first-order chi connectivity index (χ1) is 11.7. The molecule has 0 spiro atoms. The van der Waals surface area contributed by atoms with Crippen LogP contribution in [0.3, 0.4) is 0 Å². The van der Waals surface area contributed by atoms with Crippen molar-refractivity contribution in [3.05, 3.63) is 38.7 Å². The molecule has 2 aliphatic heterocycles. The molecule has 2 aromatic rings. The van der Waals surface area contributed by atoms with Crippen molar-refractivity contribution in [2.75, 3.05) is 6.79 Å². The number of aromatic nitrogens is 2. The highest BCUT2D eigenvalue weighted by molar-refractivity contribution is 8.19. The van der Waals surface area contributed by atoms with Gasteiger partial charge in [-0.1, -0.05) is 24.8 Å². The van der Waals surface area contributed by atoms with E-state index in [0.717, 1.165) is 17.0 Å². The highest BCUT2D eigenvalue weighted by Gasteiger charge is 2.39. The van der Waals surface area contributed by atoms with Gasteiger partial charge in [0.15, 0.2) is 17.3 Å². The molecule has 3 heterocycles. The van der Waals surface area contributed by atoms with E-state index in [0.29, 0.717) is 26.5 Å². The number of allylic oxidation sites excluding steroid dienone is 1. The molecule has 0 unspecified atom stereocenters. The Morgan fingerprint density at radius 1 is 1.33 bits per heavy atom. The molecule has 24 heavy (non-hydrogen) atoms. The number of ether oxygens (including phenoxy) is 2. The summed E-state index contributed by atoms with van der Waals surface area (Å²) in [4.78, 5) is 13.2. The average molecular weight is 359 g/mol. The predicted molar refractivity (Wildman–Crippen MR) is 92.9 cm³/mol. The first kappa shape index (κ1) is 15.3. The minimum absolute atomic E-state index is 0.0959. The van der Waals surface area contributed by atoms with Gasteiger partial charge in [-0.25, -0.2) is 0 Å². The predicted octanol–water partition coefficient (Wildman–Crippen LogP) is 3.25. The van der Waals surface area contributed by atoms with Crippen molar-refractivity contribution in [1.82, 2.24) is 10.2 Å². The molecule has 8 heteroatoms. The Kier molecular flexibility index (Phi) is 3.85. The summed E-state index contributed by atoms with van der Waals surface area (Å²) in [6.45, 7) is 2.21. The third-order valence-corrected chi connectivity index (χ3v) is 5.84. The molecule has 1 atom stereocenters. The van der Waals surface area contributed by atoms with Gasteiger partial charge >= 0.3 is 0 Å². The largest absolute Gasteiger partial charge is 0.454 e. The summed E-state index contributed by atoms with van der Waals surface area (Å²) in [6, 6.07) is 5.52. The first-order valence-corrected chi connectivity index (χ1v) is 9.03. The van der Waals surface area contributed by atoms with Crippen LogP contribution in [0.25, 0.3) is 6.08 Å². The number of aryl methyl sites for hydroxylation is 1. The van der Waals surface area contributed by atoms with Crippen LogP contribution < -0.4 is 9.47 Å². The molecular weight excluding hydrogens is 346 g/mol. The van der Waals surface area contributed by atoms with Gasteiger partial charge in [-0.15, -0.1) is 21.5 Å². The molecule has 0 bridgehead atoms. The van der Waals surface area contributed by atoms with E-state index in [1.807, 2.05) is 25.1 Å². The minimum Gasteiger partial charge on any atom is -0.454 e. The summed E-state index contributed by atoms with van der Waals surface area (Å²) in [7, 11) is 0. The van der Waals surface area contributed by atoms with Crippen molar-refractivity contribution >= 4 is 40.0 Å². The Bertz CT molecular complexity index is 875. The molecule has 0 saturated carbocycles. The van der Waals surface area contributed by atoms with E-state index in [4.69, 9.17) is 14.9 Å². The molecule has 0 radical (unpaired) electrons. The average Bonchev–Trinajstić information content (AvgIpc) is 3.27. The van der Waals surface area contributed by atoms with Crippen LogP contribution in [0.2, 0.25) is 0 Å². The lowest BCUT2D eigenvalue weighted by molar-refractivity contribution is -0.114. The second-order valence-electron chi connectivity index (χ2n) is 5.27. The lowest BCUT2D eigenvalue weighted by Gasteiger charge is -2.01. The van der Waals surface area contributed by atoms with E-state index >= 15 is 0 Å². The smallest absolute Gasteiger partial charge is 0.231 e. The van der Waals surface area contributed by atoms with Crippen LogP contribution in [0.4, 0.5) is 0 Å². The highest BCUT2D eigenvalue weighted by Crippen LogP contribution is 2.42. The molecule has 2 aliphatic rings. The van der Waals surface area contributed by atoms with Crippen molar-refractivity contribution in [3.8, 4) is 11.5 Å². The van der Waals surface area contributed by atoms with Crippen molar-refractivity contribution in [2.45, 2.75) is 19.3 Å². The topological polar surface area (TPSA) is 85.2 Å². The van der Waals surface area contributed by atoms with E-state index in [1.54, 1.807) is 6.08 Å². The molecule has 1 N–H and O–H groups in total. The van der Waals surface area contributed by atoms with Crippen LogP contribution in [0.15, 0.2) is 23.1 Å². The number of thioether (sulfide) groups is 1. The summed E-state index contributed by atoms with van der Waals surface area (Å²) >= 11 is 2.58. The van der Waals surface area contributed by atoms with E-state index < -0.39 is 5.92 Å². The maximum absolute atomic E-state index is 12.7. The number of nitrogens with one attached hydrogen (secondary N) is 1. The number of ketones is 1. The van der Waals surface area contributed by atoms with E-state index in [1.165, 1.54) is 23.1 Å². The zero-order valence-electron chi connectivity index (χ0n) is 12.7. The third kappa shape index (κ3) is 2.61. The van der Waals surface area contributed by atoms with Crippen LogP contribution in [-0.2, 0) is 11.2 Å². The van der Waals surface area contributed by atoms with E-state index in [2.05, 4.69) is 10.2 Å². The number of hydrogen-bond acceptors (Lipinski definition) is 8. The molecule has 1 aromatic heterocycles. The summed E-state index contributed by atoms with van der Waals surface area (Å²) in [6.07, 6.45) is 2.56. The molecule has 0 amide bonds. The molecule has 6 nitrogen and oxygen atoms in total. The summed E-state index contributed by atoms with van der Waals surface area (Å²) in [5.41, 5.74) is 0.843. The summed E-state index contributed by atoms with van der Waals surface area (Å²) in [5, 5.41) is 18.1. The fourth-order valence-corrected chi connectivity index (χ4v) is 4.45. The quantitative estimate of drug-likeness (QED) is 0.847. The number of carbonyl (C=O) groups is 1. The maximum Gasteiger partial charge on any atom is 0.231 e. The normalized spacial score (nSPS) is 21.0. The number of carbonyl (C=O) groups excluding carboxylic acids is 1. The first-order valence-electron chi connectivity index (χ1n) is 7.40. The second kappa shape index (κ2) is 6.03. The Balaban J connectivity index is 1.63. The number of rotatable bonds is 3. The zero-order chi connectivity index (χ0) is 16.7. The number of fused-ring (bicyclic) bond motifs is 1. The van der Waals surface area contributed by atoms with Crippen LogP contribution in [-0.4, -0.2) is 27.8 Å². The summed E-state index contributed by atoms with van der Waals surface area (Å²) in [5.74, 6) is 0.659. The molecular formula is C16H13N3O3S2. The van der Waals surface area contributed by atoms with E-state index in [-0.39, 0.29) is 12.6 Å². The van der Waals surface area contributed by atoms with Crippen molar-refractivity contribution in [2.24, 2.45) is 0 Å². The maximum atomic E-state index is 12.7. The number of hydrogen-bond donors (Lipinski definition) is 1. The number of nitrogens with zero attached hydrogens (tertiary/aromatic N) is 2. The van der Waals surface area contributed by atoms with Crippen LogP contribution >= 0.6 is 23.1 Å². The highest BCUT2D eigenvalue weighted by atomic mass is 32.2. The van der Waals surface area contributed by atoms with Crippen LogP contribution in [0.1, 0.15) is 28.4 Å². The molecule has 1 saturated heterocycles. The van der Waals surface area contributed by atoms with Gasteiger partial charge < -0.3 is 9.47 Å². The van der Waals surface area contributed by atoms with Gasteiger partial charge in [0.2, 0.25) is 6.79 Å². The van der Waals surface area contributed by atoms with Crippen molar-refractivity contribution < 1.29 is 14.3 Å². The van der Waals surface area contributed by atoms with Crippen LogP contribution in [0.5, 0.6) is 11.5 Å². The Morgan fingerprint density at radius 3 is 2.96 bits per heavy atom. The second-order valence-corrected chi connectivity index (χ2v) is 7.45.